The van der Waals surface area contributed by atoms with E-state index in [2.05, 4.69) is 21.1 Å². The minimum absolute atomic E-state index is 0.0313. The molecule has 1 aliphatic rings. The SMILES string of the molecule is CC[C@H](C(=O)Nc1ccc(-c2cn3c(n2)SCC3)cc1)c1ccccc1. The van der Waals surface area contributed by atoms with E-state index in [-0.39, 0.29) is 11.8 Å². The van der Waals surface area contributed by atoms with E-state index >= 15 is 0 Å². The van der Waals surface area contributed by atoms with Crippen LogP contribution in [0.4, 0.5) is 5.69 Å². The topological polar surface area (TPSA) is 46.9 Å². The lowest BCUT2D eigenvalue weighted by molar-refractivity contribution is -0.117. The van der Waals surface area contributed by atoms with Crippen LogP contribution >= 0.6 is 11.8 Å². The number of thioether (sulfide) groups is 1. The molecule has 0 aliphatic carbocycles. The summed E-state index contributed by atoms with van der Waals surface area (Å²) in [7, 11) is 0. The molecule has 4 nitrogen and oxygen atoms in total. The summed E-state index contributed by atoms with van der Waals surface area (Å²) >= 11 is 1.79. The summed E-state index contributed by atoms with van der Waals surface area (Å²) in [5.41, 5.74) is 3.92. The minimum Gasteiger partial charge on any atom is -0.326 e. The zero-order chi connectivity index (χ0) is 17.9. The number of rotatable bonds is 5. The molecule has 1 N–H and O–H groups in total. The molecule has 0 bridgehead atoms. The predicted octanol–water partition coefficient (Wildman–Crippen LogP) is 4.79. The lowest BCUT2D eigenvalue weighted by Gasteiger charge is -2.15. The third-order valence-corrected chi connectivity index (χ3v) is 5.65. The number of carbonyl (C=O) groups excluding carboxylic acids is 1. The number of carbonyl (C=O) groups is 1. The van der Waals surface area contributed by atoms with Crippen LogP contribution in [0.1, 0.15) is 24.8 Å². The first-order chi connectivity index (χ1) is 12.7. The van der Waals surface area contributed by atoms with Crippen LogP contribution in [0.15, 0.2) is 66.0 Å². The maximum Gasteiger partial charge on any atom is 0.231 e. The molecule has 3 aromatic rings. The summed E-state index contributed by atoms with van der Waals surface area (Å²) in [4.78, 5) is 17.3. The third-order valence-electron chi connectivity index (χ3n) is 4.68. The van der Waals surface area contributed by atoms with Crippen molar-refractivity contribution in [2.75, 3.05) is 11.1 Å². The quantitative estimate of drug-likeness (QED) is 0.709. The monoisotopic (exact) mass is 363 g/mol. The smallest absolute Gasteiger partial charge is 0.231 e. The van der Waals surface area contributed by atoms with Crippen molar-refractivity contribution in [1.29, 1.82) is 0 Å². The van der Waals surface area contributed by atoms with Crippen molar-refractivity contribution in [3.05, 3.63) is 66.4 Å². The van der Waals surface area contributed by atoms with E-state index in [1.54, 1.807) is 11.8 Å². The highest BCUT2D eigenvalue weighted by molar-refractivity contribution is 7.99. The fourth-order valence-corrected chi connectivity index (χ4v) is 4.20. The Morgan fingerprint density at radius 1 is 1.19 bits per heavy atom. The summed E-state index contributed by atoms with van der Waals surface area (Å²) in [6.45, 7) is 3.06. The summed E-state index contributed by atoms with van der Waals surface area (Å²) in [6, 6.07) is 17.9. The van der Waals surface area contributed by atoms with E-state index in [4.69, 9.17) is 0 Å². The van der Waals surface area contributed by atoms with Gasteiger partial charge in [-0.2, -0.15) is 0 Å². The van der Waals surface area contributed by atoms with Crippen molar-refractivity contribution in [1.82, 2.24) is 9.55 Å². The molecule has 0 radical (unpaired) electrons. The lowest BCUT2D eigenvalue weighted by Crippen LogP contribution is -2.20. The zero-order valence-corrected chi connectivity index (χ0v) is 15.5. The summed E-state index contributed by atoms with van der Waals surface area (Å²) in [6.07, 6.45) is 2.87. The number of anilines is 1. The van der Waals surface area contributed by atoms with E-state index in [0.717, 1.165) is 46.4 Å². The summed E-state index contributed by atoms with van der Waals surface area (Å²) in [5, 5.41) is 4.13. The van der Waals surface area contributed by atoms with Crippen molar-refractivity contribution < 1.29 is 4.79 Å². The van der Waals surface area contributed by atoms with Gasteiger partial charge in [-0.05, 0) is 24.1 Å². The molecule has 5 heteroatoms. The van der Waals surface area contributed by atoms with Crippen LogP contribution in [0.25, 0.3) is 11.3 Å². The molecule has 1 aromatic heterocycles. The van der Waals surface area contributed by atoms with Gasteiger partial charge < -0.3 is 9.88 Å². The Morgan fingerprint density at radius 3 is 2.65 bits per heavy atom. The second kappa shape index (κ2) is 7.38. The number of imidazole rings is 1. The molecule has 2 heterocycles. The number of fused-ring (bicyclic) bond motifs is 1. The Morgan fingerprint density at radius 2 is 1.96 bits per heavy atom. The molecule has 1 aliphatic heterocycles. The standard InChI is InChI=1S/C21H21N3OS/c1-2-18(15-6-4-3-5-7-15)20(25)22-17-10-8-16(9-11-17)19-14-24-12-13-26-21(24)23-19/h3-11,14,18H,2,12-13H2,1H3,(H,22,25)/t18-/m0/s1. The number of hydrogen-bond acceptors (Lipinski definition) is 3. The summed E-state index contributed by atoms with van der Waals surface area (Å²) in [5.74, 6) is 1.00. The first kappa shape index (κ1) is 16.9. The third kappa shape index (κ3) is 3.40. The second-order valence-corrected chi connectivity index (χ2v) is 7.45. The Kier molecular flexibility index (Phi) is 4.80. The minimum atomic E-state index is -0.135. The molecule has 4 rings (SSSR count). The van der Waals surface area contributed by atoms with Crippen molar-refractivity contribution in [2.24, 2.45) is 0 Å². The number of benzene rings is 2. The van der Waals surface area contributed by atoms with Crippen LogP contribution in [-0.4, -0.2) is 21.2 Å². The lowest BCUT2D eigenvalue weighted by atomic mass is 9.95. The molecule has 1 atom stereocenters. The second-order valence-electron chi connectivity index (χ2n) is 6.39. The van der Waals surface area contributed by atoms with Crippen LogP contribution in [0.2, 0.25) is 0 Å². The highest BCUT2D eigenvalue weighted by atomic mass is 32.2. The molecule has 0 spiro atoms. The predicted molar refractivity (Wildman–Crippen MR) is 106 cm³/mol. The van der Waals surface area contributed by atoms with E-state index in [0.29, 0.717) is 0 Å². The van der Waals surface area contributed by atoms with Crippen LogP contribution in [0.3, 0.4) is 0 Å². The van der Waals surface area contributed by atoms with Gasteiger partial charge in [0, 0.05) is 29.7 Å². The highest BCUT2D eigenvalue weighted by Gasteiger charge is 2.19. The van der Waals surface area contributed by atoms with E-state index in [1.807, 2.05) is 61.5 Å². The highest BCUT2D eigenvalue weighted by Crippen LogP contribution is 2.29. The average molecular weight is 363 g/mol. The van der Waals surface area contributed by atoms with Gasteiger partial charge in [-0.3, -0.25) is 4.79 Å². The number of nitrogens with zero attached hydrogens (tertiary/aromatic N) is 2. The number of hydrogen-bond donors (Lipinski definition) is 1. The van der Waals surface area contributed by atoms with Gasteiger partial charge >= 0.3 is 0 Å². The first-order valence-electron chi connectivity index (χ1n) is 8.91. The molecule has 132 valence electrons. The molecular formula is C21H21N3OS. The van der Waals surface area contributed by atoms with Crippen molar-refractivity contribution in [3.63, 3.8) is 0 Å². The Balaban J connectivity index is 1.47. The van der Waals surface area contributed by atoms with Gasteiger partial charge in [-0.25, -0.2) is 4.98 Å². The van der Waals surface area contributed by atoms with Crippen LogP contribution in [0, 0.1) is 0 Å². The Labute approximate surface area is 157 Å². The maximum atomic E-state index is 12.7. The van der Waals surface area contributed by atoms with Gasteiger partial charge in [-0.15, -0.1) is 0 Å². The van der Waals surface area contributed by atoms with Crippen LogP contribution in [0.5, 0.6) is 0 Å². The van der Waals surface area contributed by atoms with Gasteiger partial charge in [0.05, 0.1) is 11.6 Å². The number of aromatic nitrogens is 2. The molecule has 1 amide bonds. The normalized spacial score (nSPS) is 14.0. The fourth-order valence-electron chi connectivity index (χ4n) is 3.26. The summed E-state index contributed by atoms with van der Waals surface area (Å²) < 4.78 is 2.20. The number of nitrogens with one attached hydrogen (secondary N) is 1. The van der Waals surface area contributed by atoms with E-state index < -0.39 is 0 Å². The molecular weight excluding hydrogens is 342 g/mol. The number of amides is 1. The Hall–Kier alpha value is -2.53. The van der Waals surface area contributed by atoms with Crippen molar-refractivity contribution in [3.8, 4) is 11.3 Å². The van der Waals surface area contributed by atoms with Crippen molar-refractivity contribution in [2.45, 2.75) is 31.0 Å². The van der Waals surface area contributed by atoms with Crippen molar-refractivity contribution >= 4 is 23.4 Å². The Bertz CT molecular complexity index is 881. The van der Waals surface area contributed by atoms with E-state index in [9.17, 15) is 4.79 Å². The van der Waals surface area contributed by atoms with Gasteiger partial charge in [-0.1, -0.05) is 61.2 Å². The van der Waals surface area contributed by atoms with Gasteiger partial charge in [0.15, 0.2) is 5.16 Å². The first-order valence-corrected chi connectivity index (χ1v) is 9.89. The molecule has 0 saturated carbocycles. The van der Waals surface area contributed by atoms with Crippen LogP contribution in [-0.2, 0) is 11.3 Å². The number of aryl methyl sites for hydroxylation is 1. The molecule has 0 fully saturated rings. The molecule has 2 aromatic carbocycles. The fraction of sp³-hybridized carbons (Fsp3) is 0.238. The molecule has 0 saturated heterocycles. The average Bonchev–Trinajstić information content (AvgIpc) is 3.26. The van der Waals surface area contributed by atoms with Crippen LogP contribution < -0.4 is 5.32 Å². The molecule has 26 heavy (non-hydrogen) atoms. The van der Waals surface area contributed by atoms with E-state index in [1.165, 1.54) is 0 Å². The van der Waals surface area contributed by atoms with Gasteiger partial charge in [0.25, 0.3) is 0 Å². The van der Waals surface area contributed by atoms with Gasteiger partial charge in [0.1, 0.15) is 0 Å². The zero-order valence-electron chi connectivity index (χ0n) is 14.7. The largest absolute Gasteiger partial charge is 0.326 e. The van der Waals surface area contributed by atoms with Gasteiger partial charge in [0.2, 0.25) is 5.91 Å². The molecule has 0 unspecified atom stereocenters. The maximum absolute atomic E-state index is 12.7.